The summed E-state index contributed by atoms with van der Waals surface area (Å²) in [6, 6.07) is 19.1. The van der Waals surface area contributed by atoms with Crippen molar-refractivity contribution in [3.8, 4) is 0 Å². The fourth-order valence-corrected chi connectivity index (χ4v) is 4.16. The molecule has 0 N–H and O–H groups in total. The van der Waals surface area contributed by atoms with E-state index in [9.17, 15) is 9.59 Å². The van der Waals surface area contributed by atoms with Gasteiger partial charge in [-0.15, -0.1) is 11.6 Å². The summed E-state index contributed by atoms with van der Waals surface area (Å²) in [6.45, 7) is 0.382. The SMILES string of the molecule is COC(=O)C1(c2ccccc2)C2=C1N(Cc1ccccc1)C(=O)C(Cl)C2. The Balaban J connectivity index is 1.78. The predicted octanol–water partition coefficient (Wildman–Crippen LogP) is 3.41. The van der Waals surface area contributed by atoms with Gasteiger partial charge in [0.25, 0.3) is 0 Å². The van der Waals surface area contributed by atoms with Crippen molar-refractivity contribution in [2.75, 3.05) is 7.11 Å². The molecule has 2 aromatic rings. The number of amides is 1. The number of hydrogen-bond acceptors (Lipinski definition) is 3. The van der Waals surface area contributed by atoms with E-state index in [4.69, 9.17) is 16.3 Å². The lowest BCUT2D eigenvalue weighted by molar-refractivity contribution is -0.143. The van der Waals surface area contributed by atoms with E-state index in [0.29, 0.717) is 13.0 Å². The third-order valence-corrected chi connectivity index (χ3v) is 5.44. The molecule has 132 valence electrons. The molecule has 1 aliphatic heterocycles. The molecule has 0 fully saturated rings. The molecule has 0 saturated heterocycles. The van der Waals surface area contributed by atoms with Gasteiger partial charge >= 0.3 is 5.97 Å². The van der Waals surface area contributed by atoms with Crippen molar-refractivity contribution < 1.29 is 14.3 Å². The van der Waals surface area contributed by atoms with Crippen LogP contribution in [0.25, 0.3) is 0 Å². The quantitative estimate of drug-likeness (QED) is 0.614. The van der Waals surface area contributed by atoms with Gasteiger partial charge in [-0.3, -0.25) is 9.59 Å². The van der Waals surface area contributed by atoms with Crippen LogP contribution in [0.3, 0.4) is 0 Å². The molecule has 2 aliphatic rings. The van der Waals surface area contributed by atoms with E-state index in [1.165, 1.54) is 7.11 Å². The highest BCUT2D eigenvalue weighted by atomic mass is 35.5. The zero-order valence-corrected chi connectivity index (χ0v) is 15.1. The van der Waals surface area contributed by atoms with E-state index in [0.717, 1.165) is 22.4 Å². The Morgan fingerprint density at radius 3 is 2.38 bits per heavy atom. The van der Waals surface area contributed by atoms with Crippen LogP contribution in [0.15, 0.2) is 71.9 Å². The van der Waals surface area contributed by atoms with Gasteiger partial charge in [-0.2, -0.15) is 0 Å². The molecule has 0 aromatic heterocycles. The molecule has 0 spiro atoms. The van der Waals surface area contributed by atoms with E-state index < -0.39 is 10.8 Å². The molecule has 0 saturated carbocycles. The van der Waals surface area contributed by atoms with Crippen LogP contribution < -0.4 is 0 Å². The molecule has 4 nitrogen and oxygen atoms in total. The third-order valence-electron chi connectivity index (χ3n) is 5.10. The van der Waals surface area contributed by atoms with Crippen molar-refractivity contribution in [2.24, 2.45) is 0 Å². The molecule has 2 atom stereocenters. The van der Waals surface area contributed by atoms with Gasteiger partial charge < -0.3 is 9.64 Å². The van der Waals surface area contributed by atoms with Crippen molar-refractivity contribution in [1.82, 2.24) is 4.90 Å². The number of ether oxygens (including phenoxy) is 1. The Labute approximate surface area is 157 Å². The lowest BCUT2D eigenvalue weighted by Crippen LogP contribution is -2.37. The van der Waals surface area contributed by atoms with Crippen LogP contribution in [-0.2, 0) is 26.3 Å². The predicted molar refractivity (Wildman–Crippen MR) is 98.4 cm³/mol. The molecule has 5 heteroatoms. The summed E-state index contributed by atoms with van der Waals surface area (Å²) in [4.78, 5) is 27.3. The molecule has 4 rings (SSSR count). The maximum atomic E-state index is 12.8. The minimum absolute atomic E-state index is 0.170. The maximum Gasteiger partial charge on any atom is 0.326 e. The van der Waals surface area contributed by atoms with Crippen molar-refractivity contribution in [3.63, 3.8) is 0 Å². The number of likely N-dealkylation sites (tertiary alicyclic amines) is 1. The van der Waals surface area contributed by atoms with Crippen LogP contribution in [0.4, 0.5) is 0 Å². The number of nitrogens with zero attached hydrogens (tertiary/aromatic N) is 1. The lowest BCUT2D eigenvalue weighted by atomic mass is 9.88. The van der Waals surface area contributed by atoms with Gasteiger partial charge in [0.15, 0.2) is 5.41 Å². The van der Waals surface area contributed by atoms with Gasteiger partial charge in [-0.05, 0) is 23.1 Å². The molecule has 2 unspecified atom stereocenters. The minimum Gasteiger partial charge on any atom is -0.468 e. The Hall–Kier alpha value is -2.59. The fourth-order valence-electron chi connectivity index (χ4n) is 3.89. The topological polar surface area (TPSA) is 46.6 Å². The molecule has 0 bridgehead atoms. The Morgan fingerprint density at radius 1 is 1.15 bits per heavy atom. The first-order chi connectivity index (χ1) is 12.6. The van der Waals surface area contributed by atoms with Gasteiger partial charge in [0.2, 0.25) is 5.91 Å². The summed E-state index contributed by atoms with van der Waals surface area (Å²) in [6.07, 6.45) is 0.366. The van der Waals surface area contributed by atoms with Gasteiger partial charge in [0.1, 0.15) is 5.38 Å². The molecule has 0 radical (unpaired) electrons. The van der Waals surface area contributed by atoms with Crippen LogP contribution in [0.1, 0.15) is 17.5 Å². The van der Waals surface area contributed by atoms with E-state index >= 15 is 0 Å². The molecular weight excluding hydrogens is 350 g/mol. The first-order valence-corrected chi connectivity index (χ1v) is 8.91. The highest BCUT2D eigenvalue weighted by Crippen LogP contribution is 2.61. The second-order valence-corrected chi connectivity index (χ2v) is 7.04. The van der Waals surface area contributed by atoms with Gasteiger partial charge in [0, 0.05) is 5.70 Å². The zero-order chi connectivity index (χ0) is 18.3. The average Bonchev–Trinajstić information content (AvgIpc) is 3.35. The van der Waals surface area contributed by atoms with Crippen molar-refractivity contribution >= 4 is 23.5 Å². The normalized spacial score (nSPS) is 24.3. The van der Waals surface area contributed by atoms with E-state index in [1.54, 1.807) is 4.90 Å². The number of benzene rings is 2. The van der Waals surface area contributed by atoms with E-state index in [-0.39, 0.29) is 11.9 Å². The summed E-state index contributed by atoms with van der Waals surface area (Å²) >= 11 is 6.33. The minimum atomic E-state index is -0.996. The smallest absolute Gasteiger partial charge is 0.326 e. The first kappa shape index (κ1) is 16.9. The number of rotatable bonds is 4. The summed E-state index contributed by atoms with van der Waals surface area (Å²) in [5.74, 6) is -0.540. The first-order valence-electron chi connectivity index (χ1n) is 8.48. The highest BCUT2D eigenvalue weighted by molar-refractivity contribution is 6.32. The summed E-state index contributed by atoms with van der Waals surface area (Å²) in [5.41, 5.74) is 2.41. The van der Waals surface area contributed by atoms with Gasteiger partial charge in [-0.25, -0.2) is 0 Å². The molecule has 1 heterocycles. The number of hydrogen-bond donors (Lipinski definition) is 0. The van der Waals surface area contributed by atoms with Crippen LogP contribution in [0, 0.1) is 0 Å². The zero-order valence-electron chi connectivity index (χ0n) is 14.3. The van der Waals surface area contributed by atoms with Gasteiger partial charge in [-0.1, -0.05) is 60.7 Å². The molecule has 1 amide bonds. The van der Waals surface area contributed by atoms with Crippen molar-refractivity contribution in [2.45, 2.75) is 23.8 Å². The molecule has 26 heavy (non-hydrogen) atoms. The van der Waals surface area contributed by atoms with Crippen LogP contribution in [0.5, 0.6) is 0 Å². The number of esters is 1. The Bertz CT molecular complexity index is 894. The van der Waals surface area contributed by atoms with Crippen molar-refractivity contribution in [1.29, 1.82) is 0 Å². The highest BCUT2D eigenvalue weighted by Gasteiger charge is 2.66. The second-order valence-electron chi connectivity index (χ2n) is 6.52. The van der Waals surface area contributed by atoms with Gasteiger partial charge in [0.05, 0.1) is 13.7 Å². The summed E-state index contributed by atoms with van der Waals surface area (Å²) in [7, 11) is 1.38. The summed E-state index contributed by atoms with van der Waals surface area (Å²) < 4.78 is 5.13. The molecular formula is C21H18ClNO3. The lowest BCUT2D eigenvalue weighted by Gasteiger charge is -2.26. The van der Waals surface area contributed by atoms with Crippen molar-refractivity contribution in [3.05, 3.63) is 83.1 Å². The third kappa shape index (κ3) is 2.36. The number of alkyl halides is 1. The average molecular weight is 368 g/mol. The van der Waals surface area contributed by atoms with E-state index in [2.05, 4.69) is 0 Å². The summed E-state index contributed by atoms with van der Waals surface area (Å²) in [5, 5.41) is -0.673. The Morgan fingerprint density at radius 2 is 1.77 bits per heavy atom. The van der Waals surface area contributed by atoms with Crippen LogP contribution in [-0.4, -0.2) is 29.3 Å². The Kier molecular flexibility index (Phi) is 4.08. The van der Waals surface area contributed by atoms with Crippen LogP contribution in [0.2, 0.25) is 0 Å². The number of carbonyl (C=O) groups is 2. The maximum absolute atomic E-state index is 12.8. The number of carbonyl (C=O) groups excluding carboxylic acids is 2. The fraction of sp³-hybridized carbons (Fsp3) is 0.238. The second kappa shape index (κ2) is 6.29. The van der Waals surface area contributed by atoms with E-state index in [1.807, 2.05) is 60.7 Å². The number of methoxy groups -OCH3 is 1. The molecule has 2 aromatic carbocycles. The standard InChI is InChI=1S/C21H18ClNO3/c1-26-20(25)21(15-10-6-3-7-11-15)16-12-17(22)19(24)23(18(16)21)13-14-8-4-2-5-9-14/h2-11,17H,12-13H2,1H3. The monoisotopic (exact) mass is 367 g/mol. The molecule has 1 aliphatic carbocycles. The van der Waals surface area contributed by atoms with Crippen LogP contribution >= 0.6 is 11.6 Å². The largest absolute Gasteiger partial charge is 0.468 e. The number of halogens is 1.